The van der Waals surface area contributed by atoms with E-state index in [1.807, 2.05) is 12.4 Å². The molecular weight excluding hydrogens is 460 g/mol. The van der Waals surface area contributed by atoms with Crippen LogP contribution in [0.1, 0.15) is 24.6 Å². The number of benzene rings is 3. The minimum Gasteiger partial charge on any atom is -0.475 e. The summed E-state index contributed by atoms with van der Waals surface area (Å²) in [6.45, 7) is 2.94. The molecule has 182 valence electrons. The van der Waals surface area contributed by atoms with Crippen molar-refractivity contribution in [2.24, 2.45) is 0 Å². The van der Waals surface area contributed by atoms with E-state index in [4.69, 9.17) is 9.90 Å². The monoisotopic (exact) mass is 484 g/mol. The van der Waals surface area contributed by atoms with Gasteiger partial charge in [0.1, 0.15) is 5.82 Å². The van der Waals surface area contributed by atoms with Crippen LogP contribution in [0.5, 0.6) is 0 Å². The van der Waals surface area contributed by atoms with E-state index >= 15 is 0 Å². The maximum atomic E-state index is 13.3. The van der Waals surface area contributed by atoms with Gasteiger partial charge in [-0.2, -0.15) is 13.2 Å². The Balaban J connectivity index is 0.000000429. The van der Waals surface area contributed by atoms with Crippen molar-refractivity contribution in [2.45, 2.75) is 32.5 Å². The summed E-state index contributed by atoms with van der Waals surface area (Å²) in [5.74, 6) is -2.98. The second-order valence-electron chi connectivity index (χ2n) is 7.79. The van der Waals surface area contributed by atoms with Crippen molar-refractivity contribution < 1.29 is 27.5 Å². The number of aliphatic carboxylic acids is 1. The molecule has 8 heteroatoms. The van der Waals surface area contributed by atoms with Crippen LogP contribution in [0.25, 0.3) is 22.4 Å². The van der Waals surface area contributed by atoms with Crippen LogP contribution in [0.15, 0.2) is 85.2 Å². The quantitative estimate of drug-likeness (QED) is 0.300. The van der Waals surface area contributed by atoms with Gasteiger partial charge in [-0.3, -0.25) is 0 Å². The molecule has 0 saturated heterocycles. The van der Waals surface area contributed by atoms with Crippen molar-refractivity contribution in [3.05, 3.63) is 102 Å². The van der Waals surface area contributed by atoms with Gasteiger partial charge in [0.15, 0.2) is 0 Å². The van der Waals surface area contributed by atoms with E-state index < -0.39 is 12.1 Å². The highest BCUT2D eigenvalue weighted by molar-refractivity contribution is 5.73. The number of carboxylic acid groups (broad SMARTS) is 1. The molecule has 0 amide bonds. The van der Waals surface area contributed by atoms with Gasteiger partial charge in [-0.05, 0) is 53.4 Å². The molecule has 0 unspecified atom stereocenters. The van der Waals surface area contributed by atoms with Gasteiger partial charge in [0, 0.05) is 17.8 Å². The van der Waals surface area contributed by atoms with Crippen LogP contribution in [-0.2, 0) is 17.8 Å². The number of carboxylic acids is 1. The first-order valence-corrected chi connectivity index (χ1v) is 10.9. The van der Waals surface area contributed by atoms with Crippen molar-refractivity contribution in [1.82, 2.24) is 9.55 Å². The van der Waals surface area contributed by atoms with E-state index in [9.17, 15) is 17.6 Å². The van der Waals surface area contributed by atoms with Gasteiger partial charge in [0.2, 0.25) is 0 Å². The fraction of sp³-hybridized carbons (Fsp3) is 0.185. The average molecular weight is 484 g/mol. The number of aromatic nitrogens is 2. The molecule has 0 aliphatic heterocycles. The lowest BCUT2D eigenvalue weighted by atomic mass is 10.0. The number of rotatable bonds is 6. The van der Waals surface area contributed by atoms with Crippen LogP contribution in [-0.4, -0.2) is 26.8 Å². The number of nitrogens with zero attached hydrogens (tertiary/aromatic N) is 2. The second-order valence-corrected chi connectivity index (χ2v) is 7.79. The fourth-order valence-electron chi connectivity index (χ4n) is 3.57. The zero-order valence-corrected chi connectivity index (χ0v) is 19.0. The van der Waals surface area contributed by atoms with E-state index in [2.05, 4.69) is 65.0 Å². The number of hydrogen-bond acceptors (Lipinski definition) is 2. The van der Waals surface area contributed by atoms with E-state index in [1.165, 1.54) is 34.5 Å². The predicted octanol–water partition coefficient (Wildman–Crippen LogP) is 6.99. The summed E-state index contributed by atoms with van der Waals surface area (Å²) in [5, 5.41) is 7.12. The smallest absolute Gasteiger partial charge is 0.475 e. The zero-order chi connectivity index (χ0) is 25.4. The Morgan fingerprint density at radius 1 is 0.914 bits per heavy atom. The van der Waals surface area contributed by atoms with Gasteiger partial charge in [0.25, 0.3) is 0 Å². The van der Waals surface area contributed by atoms with Gasteiger partial charge in [0.05, 0.1) is 12.0 Å². The second kappa shape index (κ2) is 11.5. The van der Waals surface area contributed by atoms with Crippen molar-refractivity contribution in [1.29, 1.82) is 0 Å². The summed E-state index contributed by atoms with van der Waals surface area (Å²) >= 11 is 0. The van der Waals surface area contributed by atoms with E-state index in [0.717, 1.165) is 30.6 Å². The summed E-state index contributed by atoms with van der Waals surface area (Å²) in [6.07, 6.45) is -1.21. The number of hydrogen-bond donors (Lipinski definition) is 1. The molecule has 0 fully saturated rings. The third-order valence-corrected chi connectivity index (χ3v) is 5.18. The first-order chi connectivity index (χ1) is 16.7. The Kier molecular flexibility index (Phi) is 8.41. The van der Waals surface area contributed by atoms with Crippen molar-refractivity contribution in [2.75, 3.05) is 0 Å². The van der Waals surface area contributed by atoms with Gasteiger partial charge >= 0.3 is 12.1 Å². The first-order valence-electron chi connectivity index (χ1n) is 10.9. The lowest BCUT2D eigenvalue weighted by Gasteiger charge is -2.11. The predicted molar refractivity (Wildman–Crippen MR) is 126 cm³/mol. The molecular formula is C27H24F4N2O2. The maximum Gasteiger partial charge on any atom is 0.490 e. The minimum atomic E-state index is -5.08. The summed E-state index contributed by atoms with van der Waals surface area (Å²) in [7, 11) is 0. The molecule has 1 N–H and O–H groups in total. The Hall–Kier alpha value is -3.94. The van der Waals surface area contributed by atoms with Crippen LogP contribution in [0.3, 0.4) is 0 Å². The molecule has 0 radical (unpaired) electrons. The normalized spacial score (nSPS) is 11.0. The Labute approximate surface area is 200 Å². The van der Waals surface area contributed by atoms with Crippen molar-refractivity contribution in [3.8, 4) is 22.4 Å². The molecule has 3 aromatic carbocycles. The highest BCUT2D eigenvalue weighted by Crippen LogP contribution is 2.26. The molecule has 0 spiro atoms. The number of halogens is 4. The zero-order valence-electron chi connectivity index (χ0n) is 19.0. The molecule has 4 aromatic rings. The average Bonchev–Trinajstić information content (AvgIpc) is 3.22. The van der Waals surface area contributed by atoms with Crippen molar-refractivity contribution in [3.63, 3.8) is 0 Å². The summed E-state index contributed by atoms with van der Waals surface area (Å²) in [4.78, 5) is 13.5. The molecule has 0 aliphatic rings. The van der Waals surface area contributed by atoms with Crippen LogP contribution < -0.4 is 0 Å². The molecule has 0 aliphatic carbocycles. The molecule has 4 rings (SSSR count). The van der Waals surface area contributed by atoms with E-state index in [1.54, 1.807) is 12.1 Å². The largest absolute Gasteiger partial charge is 0.490 e. The lowest BCUT2D eigenvalue weighted by molar-refractivity contribution is -0.192. The van der Waals surface area contributed by atoms with Gasteiger partial charge in [-0.1, -0.05) is 61.9 Å². The number of alkyl halides is 3. The first kappa shape index (κ1) is 25.7. The van der Waals surface area contributed by atoms with Gasteiger partial charge in [-0.15, -0.1) is 0 Å². The lowest BCUT2D eigenvalue weighted by Crippen LogP contribution is -2.21. The summed E-state index contributed by atoms with van der Waals surface area (Å²) in [6, 6.07) is 25.7. The van der Waals surface area contributed by atoms with E-state index in [0.29, 0.717) is 0 Å². The van der Waals surface area contributed by atoms with Crippen LogP contribution in [0.4, 0.5) is 17.6 Å². The Morgan fingerprint density at radius 3 is 2.14 bits per heavy atom. The van der Waals surface area contributed by atoms with E-state index in [-0.39, 0.29) is 5.82 Å². The number of carbonyl (C=O) groups is 1. The third kappa shape index (κ3) is 7.02. The summed E-state index contributed by atoms with van der Waals surface area (Å²) in [5.41, 5.74) is 6.77. The van der Waals surface area contributed by atoms with Crippen molar-refractivity contribution >= 4 is 5.97 Å². The molecule has 0 saturated carbocycles. The Morgan fingerprint density at radius 2 is 1.54 bits per heavy atom. The molecule has 1 aromatic heterocycles. The molecule has 35 heavy (non-hydrogen) atoms. The van der Waals surface area contributed by atoms with Crippen LogP contribution in [0.2, 0.25) is 0 Å². The van der Waals surface area contributed by atoms with Crippen LogP contribution in [0, 0.1) is 5.82 Å². The standard InChI is InChI=1S/C25H23FN2.C2HF3O2/c1-2-7-24-25(21-12-14-23(26)15-13-21)27-18-28(24)17-19-8-6-11-22(16-19)20-9-4-3-5-10-20;3-2(4,5)1(6)7/h3-6,8-16,18H,2,7,17H2,1H3;(H,6,7). The fourth-order valence-corrected chi connectivity index (χ4v) is 3.57. The highest BCUT2D eigenvalue weighted by Gasteiger charge is 2.38. The van der Waals surface area contributed by atoms with Gasteiger partial charge in [-0.25, -0.2) is 14.2 Å². The topological polar surface area (TPSA) is 55.1 Å². The Bertz CT molecular complexity index is 1250. The van der Waals surface area contributed by atoms with Gasteiger partial charge < -0.3 is 9.67 Å². The molecule has 0 bridgehead atoms. The highest BCUT2D eigenvalue weighted by atomic mass is 19.4. The summed E-state index contributed by atoms with van der Waals surface area (Å²) < 4.78 is 47.2. The SMILES string of the molecule is CCCc1c(-c2ccc(F)cc2)ncn1Cc1cccc(-c2ccccc2)c1.O=C(O)C(F)(F)F. The molecule has 4 nitrogen and oxygen atoms in total. The number of imidazole rings is 1. The van der Waals surface area contributed by atoms with Crippen LogP contribution >= 0.6 is 0 Å². The minimum absolute atomic E-state index is 0.224. The third-order valence-electron chi connectivity index (χ3n) is 5.18. The molecule has 1 heterocycles. The maximum absolute atomic E-state index is 13.3. The molecule has 0 atom stereocenters.